The number of aldehydes is 1. The normalized spacial score (nSPS) is 15.0. The predicted octanol–water partition coefficient (Wildman–Crippen LogP) is 5.21. The second-order valence-electron chi connectivity index (χ2n) is 8.10. The van der Waals surface area contributed by atoms with Crippen LogP contribution in [0.25, 0.3) is 16.6 Å². The molecule has 1 aromatic heterocycles. The van der Waals surface area contributed by atoms with Crippen molar-refractivity contribution < 1.29 is 9.53 Å². The van der Waals surface area contributed by atoms with Crippen molar-refractivity contribution in [3.05, 3.63) is 47.1 Å². The highest BCUT2D eigenvalue weighted by Gasteiger charge is 2.30. The van der Waals surface area contributed by atoms with Gasteiger partial charge in [-0.25, -0.2) is 4.98 Å². The third-order valence-electron chi connectivity index (χ3n) is 5.32. The van der Waals surface area contributed by atoms with Gasteiger partial charge in [-0.1, -0.05) is 13.3 Å². The SMILES string of the molecule is CCCCn1c(C2CC2)nc2c(CSC)cc(C(/C=C(\C=O)OC)=C/N(C)C)cc21. The van der Waals surface area contributed by atoms with Crippen molar-refractivity contribution in [1.82, 2.24) is 14.5 Å². The van der Waals surface area contributed by atoms with Crippen LogP contribution in [-0.2, 0) is 21.8 Å². The van der Waals surface area contributed by atoms with Gasteiger partial charge < -0.3 is 14.2 Å². The lowest BCUT2D eigenvalue weighted by molar-refractivity contribution is -0.107. The van der Waals surface area contributed by atoms with Crippen molar-refractivity contribution in [2.75, 3.05) is 27.5 Å². The minimum atomic E-state index is 0.313. The summed E-state index contributed by atoms with van der Waals surface area (Å²) in [4.78, 5) is 18.5. The van der Waals surface area contributed by atoms with Crippen LogP contribution < -0.4 is 0 Å². The van der Waals surface area contributed by atoms with Crippen LogP contribution in [0.2, 0.25) is 0 Å². The lowest BCUT2D eigenvalue weighted by atomic mass is 10.0. The molecule has 0 atom stereocenters. The van der Waals surface area contributed by atoms with Crippen LogP contribution in [0.1, 0.15) is 55.5 Å². The molecule has 1 aliphatic rings. The zero-order chi connectivity index (χ0) is 21.7. The van der Waals surface area contributed by atoms with E-state index in [-0.39, 0.29) is 0 Å². The summed E-state index contributed by atoms with van der Waals surface area (Å²) in [5.74, 6) is 3.07. The summed E-state index contributed by atoms with van der Waals surface area (Å²) in [5.41, 5.74) is 5.60. The summed E-state index contributed by atoms with van der Waals surface area (Å²) >= 11 is 1.81. The standard InChI is InChI=1S/C24H33N3O2S/c1-6-7-10-27-22-13-18(19(14-26(2)3)12-21(15-28)29-4)11-20(16-30-5)23(22)25-24(27)17-8-9-17/h11-15,17H,6-10,16H2,1-5H3/b19-14+,21-12+. The predicted molar refractivity (Wildman–Crippen MR) is 127 cm³/mol. The van der Waals surface area contributed by atoms with Gasteiger partial charge in [-0.05, 0) is 54.9 Å². The molecule has 1 aromatic carbocycles. The Morgan fingerprint density at radius 1 is 1.37 bits per heavy atom. The first-order chi connectivity index (χ1) is 14.5. The molecule has 5 nitrogen and oxygen atoms in total. The first-order valence-electron chi connectivity index (χ1n) is 10.6. The first kappa shape index (κ1) is 22.5. The lowest BCUT2D eigenvalue weighted by Crippen LogP contribution is -2.04. The molecule has 6 heteroatoms. The smallest absolute Gasteiger partial charge is 0.184 e. The number of methoxy groups -OCH3 is 1. The number of aromatic nitrogens is 2. The summed E-state index contributed by atoms with van der Waals surface area (Å²) in [6.45, 7) is 3.23. The van der Waals surface area contributed by atoms with E-state index in [1.165, 1.54) is 36.9 Å². The van der Waals surface area contributed by atoms with Gasteiger partial charge in [0, 0.05) is 44.1 Å². The second kappa shape index (κ2) is 10.2. The van der Waals surface area contributed by atoms with Crippen molar-refractivity contribution in [3.63, 3.8) is 0 Å². The van der Waals surface area contributed by atoms with E-state index in [0.29, 0.717) is 11.7 Å². The average molecular weight is 428 g/mol. The number of thioether (sulfide) groups is 1. The molecule has 1 heterocycles. The molecule has 30 heavy (non-hydrogen) atoms. The van der Waals surface area contributed by atoms with Gasteiger partial charge in [0.2, 0.25) is 0 Å². The van der Waals surface area contributed by atoms with E-state index >= 15 is 0 Å². The fourth-order valence-corrected chi connectivity index (χ4v) is 4.25. The number of benzene rings is 1. The van der Waals surface area contributed by atoms with Gasteiger partial charge in [0.1, 0.15) is 5.82 Å². The number of unbranched alkanes of at least 4 members (excludes halogenated alkanes) is 1. The zero-order valence-corrected chi connectivity index (χ0v) is 19.6. The molecule has 0 bridgehead atoms. The summed E-state index contributed by atoms with van der Waals surface area (Å²) in [7, 11) is 5.50. The Kier molecular flexibility index (Phi) is 7.64. The largest absolute Gasteiger partial charge is 0.493 e. The number of ether oxygens (including phenoxy) is 1. The maximum atomic E-state index is 11.4. The lowest BCUT2D eigenvalue weighted by Gasteiger charge is -2.14. The monoisotopic (exact) mass is 427 g/mol. The number of allylic oxidation sites excluding steroid dienone is 3. The van der Waals surface area contributed by atoms with E-state index in [0.717, 1.165) is 48.1 Å². The van der Waals surface area contributed by atoms with Gasteiger partial charge in [0.05, 0.1) is 18.1 Å². The molecule has 0 amide bonds. The Labute approximate surface area is 184 Å². The second-order valence-corrected chi connectivity index (χ2v) is 8.97. The summed E-state index contributed by atoms with van der Waals surface area (Å²) in [6.07, 6.45) is 11.5. The van der Waals surface area contributed by atoms with Gasteiger partial charge in [-0.2, -0.15) is 11.8 Å². The molecular weight excluding hydrogens is 394 g/mol. The minimum Gasteiger partial charge on any atom is -0.493 e. The van der Waals surface area contributed by atoms with Crippen molar-refractivity contribution in [2.45, 2.75) is 50.8 Å². The van der Waals surface area contributed by atoms with E-state index in [9.17, 15) is 4.79 Å². The summed E-state index contributed by atoms with van der Waals surface area (Å²) in [5, 5.41) is 0. The van der Waals surface area contributed by atoms with Crippen molar-refractivity contribution >= 4 is 34.7 Å². The Bertz CT molecular complexity index is 955. The highest BCUT2D eigenvalue weighted by molar-refractivity contribution is 7.97. The average Bonchev–Trinajstić information content (AvgIpc) is 3.50. The molecular formula is C24H33N3O2S. The van der Waals surface area contributed by atoms with Crippen LogP contribution in [-0.4, -0.2) is 48.2 Å². The Morgan fingerprint density at radius 3 is 2.70 bits per heavy atom. The number of nitrogens with zero attached hydrogens (tertiary/aromatic N) is 3. The highest BCUT2D eigenvalue weighted by atomic mass is 32.2. The van der Waals surface area contributed by atoms with Crippen molar-refractivity contribution in [1.29, 1.82) is 0 Å². The molecule has 0 spiro atoms. The maximum Gasteiger partial charge on any atom is 0.184 e. The molecule has 2 aromatic rings. The fraction of sp³-hybridized carbons (Fsp3) is 0.500. The molecule has 1 saturated carbocycles. The number of hydrogen-bond donors (Lipinski definition) is 0. The number of imidazole rings is 1. The van der Waals surface area contributed by atoms with Crippen molar-refractivity contribution in [3.8, 4) is 0 Å². The van der Waals surface area contributed by atoms with Crippen LogP contribution in [0.5, 0.6) is 0 Å². The molecule has 0 saturated heterocycles. The first-order valence-corrected chi connectivity index (χ1v) is 12.0. The van der Waals surface area contributed by atoms with Crippen LogP contribution in [0.3, 0.4) is 0 Å². The third kappa shape index (κ3) is 5.09. The number of carbonyl (C=O) groups is 1. The van der Waals surface area contributed by atoms with Crippen LogP contribution in [0, 0.1) is 0 Å². The third-order valence-corrected chi connectivity index (χ3v) is 5.92. The topological polar surface area (TPSA) is 47.4 Å². The van der Waals surface area contributed by atoms with Gasteiger partial charge in [-0.15, -0.1) is 0 Å². The Balaban J connectivity index is 2.23. The van der Waals surface area contributed by atoms with Gasteiger partial charge >= 0.3 is 0 Å². The Morgan fingerprint density at radius 2 is 2.13 bits per heavy atom. The summed E-state index contributed by atoms with van der Waals surface area (Å²) < 4.78 is 7.67. The van der Waals surface area contributed by atoms with Gasteiger partial charge in [0.15, 0.2) is 12.0 Å². The number of rotatable bonds is 11. The van der Waals surface area contributed by atoms with Crippen LogP contribution >= 0.6 is 11.8 Å². The quantitative estimate of drug-likeness (QED) is 0.213. The molecule has 0 N–H and O–H groups in total. The van der Waals surface area contributed by atoms with E-state index in [1.54, 1.807) is 0 Å². The fourth-order valence-electron chi connectivity index (χ4n) is 3.72. The zero-order valence-electron chi connectivity index (χ0n) is 18.8. The molecule has 0 radical (unpaired) electrons. The summed E-state index contributed by atoms with van der Waals surface area (Å²) in [6, 6.07) is 4.45. The molecule has 0 unspecified atom stereocenters. The van der Waals surface area contributed by atoms with E-state index < -0.39 is 0 Å². The molecule has 162 valence electrons. The molecule has 1 fully saturated rings. The van der Waals surface area contributed by atoms with Crippen LogP contribution in [0.15, 0.2) is 30.2 Å². The van der Waals surface area contributed by atoms with Gasteiger partial charge in [0.25, 0.3) is 0 Å². The van der Waals surface area contributed by atoms with Gasteiger partial charge in [-0.3, -0.25) is 4.79 Å². The van der Waals surface area contributed by atoms with Crippen LogP contribution in [0.4, 0.5) is 0 Å². The molecule has 1 aliphatic carbocycles. The number of fused-ring (bicyclic) bond motifs is 1. The number of hydrogen-bond acceptors (Lipinski definition) is 5. The van der Waals surface area contributed by atoms with E-state index in [4.69, 9.17) is 9.72 Å². The molecule has 3 rings (SSSR count). The minimum absolute atomic E-state index is 0.313. The van der Waals surface area contributed by atoms with Crippen molar-refractivity contribution in [2.24, 2.45) is 0 Å². The maximum absolute atomic E-state index is 11.4. The Hall–Kier alpha value is -2.21. The molecule has 0 aliphatic heterocycles. The number of aryl methyl sites for hydroxylation is 1. The van der Waals surface area contributed by atoms with E-state index in [1.807, 2.05) is 43.0 Å². The number of carbonyl (C=O) groups excluding carboxylic acids is 1. The highest BCUT2D eigenvalue weighted by Crippen LogP contribution is 2.42. The van der Waals surface area contributed by atoms with E-state index in [2.05, 4.69) is 29.9 Å².